The Morgan fingerprint density at radius 2 is 1.57 bits per heavy atom. The van der Waals surface area contributed by atoms with Gasteiger partial charge >= 0.3 is 0 Å². The first kappa shape index (κ1) is 26.4. The van der Waals surface area contributed by atoms with E-state index in [9.17, 15) is 9.59 Å². The van der Waals surface area contributed by atoms with Crippen LogP contribution < -0.4 is 5.73 Å². The molecular weight excluding hydrogens is 527 g/mol. The number of hydrogen-bond acceptors (Lipinski definition) is 5. The molecule has 2 N–H and O–H groups in total. The Labute approximate surface area is 232 Å². The van der Waals surface area contributed by atoms with Gasteiger partial charge in [0.2, 0.25) is 5.91 Å². The number of likely N-dealkylation sites (tertiary alicyclic amines) is 1. The van der Waals surface area contributed by atoms with Gasteiger partial charge in [0, 0.05) is 34.7 Å². The van der Waals surface area contributed by atoms with Gasteiger partial charge in [0.05, 0.1) is 17.0 Å². The molecule has 3 aliphatic heterocycles. The fourth-order valence-electron chi connectivity index (χ4n) is 6.02. The molecule has 0 radical (unpaired) electrons. The maximum absolute atomic E-state index is 14.0. The number of carbonyl (C=O) groups is 2. The van der Waals surface area contributed by atoms with Gasteiger partial charge in [-0.25, -0.2) is 0 Å². The van der Waals surface area contributed by atoms with Crippen molar-refractivity contribution in [3.8, 4) is 0 Å². The summed E-state index contributed by atoms with van der Waals surface area (Å²) < 4.78 is 0. The van der Waals surface area contributed by atoms with Gasteiger partial charge in [0.15, 0.2) is 0 Å². The highest BCUT2D eigenvalue weighted by atomic mass is 35.5. The molecule has 4 atom stereocenters. The number of benzene rings is 2. The summed E-state index contributed by atoms with van der Waals surface area (Å²) in [5.41, 5.74) is 8.81. The van der Waals surface area contributed by atoms with Crippen LogP contribution >= 0.6 is 35.0 Å². The topological polar surface area (TPSA) is 69.9 Å². The fraction of sp³-hybridized carbons (Fsp3) is 0.429. The summed E-state index contributed by atoms with van der Waals surface area (Å²) in [5, 5.41) is 1.39. The largest absolute Gasteiger partial charge is 0.370 e. The third-order valence-electron chi connectivity index (χ3n) is 7.60. The van der Waals surface area contributed by atoms with Gasteiger partial charge < -0.3 is 15.5 Å². The van der Waals surface area contributed by atoms with Crippen LogP contribution in [0.25, 0.3) is 0 Å². The Balaban J connectivity index is 1.59. The number of nitrogens with two attached hydrogens (primary N) is 1. The van der Waals surface area contributed by atoms with Crippen LogP contribution in [0.3, 0.4) is 0 Å². The van der Waals surface area contributed by atoms with E-state index in [-0.39, 0.29) is 47.8 Å². The van der Waals surface area contributed by atoms with Gasteiger partial charge in [0.25, 0.3) is 5.91 Å². The molecule has 0 aromatic heterocycles. The predicted molar refractivity (Wildman–Crippen MR) is 150 cm³/mol. The molecule has 3 unspecified atom stereocenters. The van der Waals surface area contributed by atoms with Crippen molar-refractivity contribution in [1.29, 1.82) is 0 Å². The summed E-state index contributed by atoms with van der Waals surface area (Å²) in [6.45, 7) is 4.94. The predicted octanol–water partition coefficient (Wildman–Crippen LogP) is 5.79. The first-order valence-electron chi connectivity index (χ1n) is 12.7. The van der Waals surface area contributed by atoms with E-state index in [0.717, 1.165) is 29.0 Å². The highest BCUT2D eigenvalue weighted by molar-refractivity contribution is 8.04. The molecule has 2 saturated heterocycles. The lowest BCUT2D eigenvalue weighted by atomic mass is 9.92. The van der Waals surface area contributed by atoms with E-state index in [4.69, 9.17) is 28.9 Å². The second kappa shape index (κ2) is 10.5. The number of likely N-dealkylation sites (N-methyl/N-ethyl adjacent to an activating group) is 1. The molecule has 6 nitrogen and oxygen atoms in total. The van der Waals surface area contributed by atoms with E-state index in [1.807, 2.05) is 29.2 Å². The highest BCUT2D eigenvalue weighted by Crippen LogP contribution is 2.58. The second-order valence-corrected chi connectivity index (χ2v) is 12.3. The number of rotatable bonds is 6. The molecule has 3 heterocycles. The van der Waals surface area contributed by atoms with E-state index in [1.165, 1.54) is 5.56 Å². The Morgan fingerprint density at radius 1 is 1.00 bits per heavy atom. The van der Waals surface area contributed by atoms with E-state index in [1.54, 1.807) is 11.8 Å². The van der Waals surface area contributed by atoms with Gasteiger partial charge in [-0.3, -0.25) is 14.5 Å². The molecule has 2 amide bonds. The minimum Gasteiger partial charge on any atom is -0.370 e. The minimum atomic E-state index is -0.365. The van der Waals surface area contributed by atoms with Gasteiger partial charge in [-0.15, -0.1) is 0 Å². The van der Waals surface area contributed by atoms with Crippen LogP contribution in [0, 0.1) is 5.92 Å². The number of primary amides is 1. The molecule has 2 fully saturated rings. The van der Waals surface area contributed by atoms with Crippen molar-refractivity contribution in [2.45, 2.75) is 56.7 Å². The Morgan fingerprint density at radius 3 is 2.11 bits per heavy atom. The van der Waals surface area contributed by atoms with Crippen molar-refractivity contribution in [3.05, 3.63) is 80.3 Å². The monoisotopic (exact) mass is 558 g/mol. The number of nitrogens with zero attached hydrogens (tertiary/aromatic N) is 3. The number of thioether (sulfide) groups is 1. The molecule has 2 aromatic rings. The summed E-state index contributed by atoms with van der Waals surface area (Å²) >= 11 is 14.1. The standard InChI is InChI=1S/C28H32Cl2N4O2S/c1-16(2)23-26(27(36)33-14-4-5-21(33)15-22(31)35)37-28-32(3)24(17-6-10-19(29)11-7-17)25(34(23)28)18-8-12-20(30)13-9-18/h6-13,16,21,24-25,28H,4-5,14-15H2,1-3H3,(H2,31,35)/t21?,24?,25-,28?/m1/s1. The molecule has 3 aliphatic rings. The van der Waals surface area contributed by atoms with E-state index < -0.39 is 0 Å². The minimum absolute atomic E-state index is 0.0122. The zero-order valence-corrected chi connectivity index (χ0v) is 23.6. The molecule has 5 rings (SSSR count). The lowest BCUT2D eigenvalue weighted by molar-refractivity contribution is -0.128. The Bertz CT molecular complexity index is 1220. The molecule has 37 heavy (non-hydrogen) atoms. The summed E-state index contributed by atoms with van der Waals surface area (Å²) in [4.78, 5) is 33.1. The van der Waals surface area contributed by atoms with Crippen molar-refractivity contribution in [2.75, 3.05) is 13.6 Å². The fourth-order valence-corrected chi connectivity index (χ4v) is 7.81. The van der Waals surface area contributed by atoms with Crippen LogP contribution in [0.4, 0.5) is 0 Å². The Kier molecular flexibility index (Phi) is 7.51. The van der Waals surface area contributed by atoms with Crippen LogP contribution in [0.2, 0.25) is 10.0 Å². The van der Waals surface area contributed by atoms with Gasteiger partial charge in [0.1, 0.15) is 5.50 Å². The third kappa shape index (κ3) is 4.87. The Hall–Kier alpha value is -2.19. The van der Waals surface area contributed by atoms with Crippen molar-refractivity contribution in [1.82, 2.24) is 14.7 Å². The van der Waals surface area contributed by atoms with E-state index in [2.05, 4.69) is 55.0 Å². The smallest absolute Gasteiger partial charge is 0.262 e. The van der Waals surface area contributed by atoms with Crippen molar-refractivity contribution < 1.29 is 9.59 Å². The maximum Gasteiger partial charge on any atom is 0.262 e. The average molecular weight is 560 g/mol. The van der Waals surface area contributed by atoms with Gasteiger partial charge in [-0.1, -0.05) is 73.1 Å². The van der Waals surface area contributed by atoms with Crippen LogP contribution in [0.1, 0.15) is 56.3 Å². The molecule has 2 aromatic carbocycles. The number of hydrogen-bond donors (Lipinski definition) is 1. The summed E-state index contributed by atoms with van der Waals surface area (Å²) in [6.07, 6.45) is 1.90. The second-order valence-electron chi connectivity index (χ2n) is 10.3. The number of amides is 2. The van der Waals surface area contributed by atoms with Crippen molar-refractivity contribution >= 4 is 46.8 Å². The van der Waals surface area contributed by atoms with Crippen LogP contribution in [-0.2, 0) is 9.59 Å². The lowest BCUT2D eigenvalue weighted by Gasteiger charge is -2.33. The summed E-state index contributed by atoms with van der Waals surface area (Å²) in [5.74, 6) is -0.227. The normalized spacial score (nSPS) is 25.9. The maximum atomic E-state index is 14.0. The zero-order valence-electron chi connectivity index (χ0n) is 21.2. The molecule has 0 spiro atoms. The summed E-state index contributed by atoms with van der Waals surface area (Å²) in [7, 11) is 2.12. The van der Waals surface area contributed by atoms with Crippen LogP contribution in [0.15, 0.2) is 59.1 Å². The zero-order chi connectivity index (χ0) is 26.4. The molecule has 9 heteroatoms. The first-order chi connectivity index (χ1) is 17.7. The lowest BCUT2D eigenvalue weighted by Crippen LogP contribution is -2.39. The van der Waals surface area contributed by atoms with Gasteiger partial charge in [-0.05, 0) is 61.2 Å². The molecule has 0 bridgehead atoms. The number of allylic oxidation sites excluding steroid dienone is 1. The first-order valence-corrected chi connectivity index (χ1v) is 14.3. The van der Waals surface area contributed by atoms with E-state index in [0.29, 0.717) is 16.6 Å². The number of carbonyl (C=O) groups excluding carboxylic acids is 2. The quantitative estimate of drug-likeness (QED) is 0.486. The van der Waals surface area contributed by atoms with E-state index >= 15 is 0 Å². The molecular formula is C28H32Cl2N4O2S. The van der Waals surface area contributed by atoms with Crippen molar-refractivity contribution in [3.63, 3.8) is 0 Å². The van der Waals surface area contributed by atoms with Gasteiger partial charge in [-0.2, -0.15) is 0 Å². The molecule has 0 aliphatic carbocycles. The van der Waals surface area contributed by atoms with Crippen molar-refractivity contribution in [2.24, 2.45) is 11.7 Å². The molecule has 0 saturated carbocycles. The average Bonchev–Trinajstić information content (AvgIpc) is 3.54. The summed E-state index contributed by atoms with van der Waals surface area (Å²) in [6, 6.07) is 15.9. The molecule has 196 valence electrons. The highest BCUT2D eigenvalue weighted by Gasteiger charge is 2.54. The van der Waals surface area contributed by atoms with Crippen LogP contribution in [0.5, 0.6) is 0 Å². The number of fused-ring (bicyclic) bond motifs is 1. The SMILES string of the molecule is CC(C)C1=C(C(=O)N2CCCC2CC(N)=O)SC2N(C)C(c3ccc(Cl)cc3)[C@@H](c3ccc(Cl)cc3)N12. The number of halogens is 2. The van der Waals surface area contributed by atoms with Crippen LogP contribution in [-0.4, -0.2) is 51.6 Å². The third-order valence-corrected chi connectivity index (χ3v) is 9.49.